The van der Waals surface area contributed by atoms with Crippen LogP contribution < -0.4 is 4.74 Å². The molecule has 1 aliphatic rings. The fraction of sp³-hybridized carbons (Fsp3) is 0.400. The highest BCUT2D eigenvalue weighted by Crippen LogP contribution is 2.30. The minimum Gasteiger partial charge on any atom is -0.471 e. The number of amides is 1. The Bertz CT molecular complexity index is 1240. The number of imidazole rings is 1. The minimum absolute atomic E-state index is 0.194. The van der Waals surface area contributed by atoms with Gasteiger partial charge in [-0.15, -0.1) is 0 Å². The molecule has 0 radical (unpaired) electrons. The maximum atomic E-state index is 12.5. The smallest absolute Gasteiger partial charge is 0.292 e. The second-order valence-corrected chi connectivity index (χ2v) is 7.46. The predicted octanol–water partition coefficient (Wildman–Crippen LogP) is 1.84. The molecule has 0 aromatic carbocycles. The van der Waals surface area contributed by atoms with Gasteiger partial charge in [0.1, 0.15) is 18.3 Å². The predicted molar refractivity (Wildman–Crippen MR) is 109 cm³/mol. The van der Waals surface area contributed by atoms with E-state index in [1.165, 1.54) is 12.5 Å². The third kappa shape index (κ3) is 3.22. The largest absolute Gasteiger partial charge is 0.471 e. The van der Waals surface area contributed by atoms with Crippen molar-refractivity contribution in [2.24, 2.45) is 7.05 Å². The summed E-state index contributed by atoms with van der Waals surface area (Å²) in [6, 6.07) is 1.56. The van der Waals surface area contributed by atoms with Gasteiger partial charge in [-0.2, -0.15) is 10.1 Å². The van der Waals surface area contributed by atoms with Gasteiger partial charge in [0, 0.05) is 38.3 Å². The first-order chi connectivity index (χ1) is 15.1. The van der Waals surface area contributed by atoms with Crippen molar-refractivity contribution in [1.82, 2.24) is 39.4 Å². The number of rotatable bonds is 5. The second-order valence-electron chi connectivity index (χ2n) is 7.46. The van der Waals surface area contributed by atoms with Gasteiger partial charge in [-0.25, -0.2) is 9.97 Å². The molecule has 1 fully saturated rings. The van der Waals surface area contributed by atoms with Crippen LogP contribution in [0.25, 0.3) is 22.6 Å². The van der Waals surface area contributed by atoms with E-state index in [1.54, 1.807) is 11.0 Å². The first kappa shape index (κ1) is 19.2. The second kappa shape index (κ2) is 7.49. The van der Waals surface area contributed by atoms with Crippen molar-refractivity contribution >= 4 is 17.1 Å². The molecule has 4 aromatic heterocycles. The lowest BCUT2D eigenvalue weighted by atomic mass is 10.2. The van der Waals surface area contributed by atoms with E-state index in [0.29, 0.717) is 36.6 Å². The molecule has 1 unspecified atom stereocenters. The van der Waals surface area contributed by atoms with Crippen LogP contribution in [0, 0.1) is 6.92 Å². The number of aryl methyl sites for hydroxylation is 2. The Labute approximate surface area is 177 Å². The van der Waals surface area contributed by atoms with E-state index in [4.69, 9.17) is 14.2 Å². The summed E-state index contributed by atoms with van der Waals surface area (Å²) in [5, 5.41) is 8.02. The summed E-state index contributed by atoms with van der Waals surface area (Å²) in [6.07, 6.45) is 5.24. The normalized spacial score (nSPS) is 16.4. The third-order valence-electron chi connectivity index (χ3n) is 5.63. The van der Waals surface area contributed by atoms with Crippen LogP contribution >= 0.6 is 0 Å². The van der Waals surface area contributed by atoms with E-state index >= 15 is 0 Å². The van der Waals surface area contributed by atoms with Crippen LogP contribution in [0.1, 0.15) is 29.6 Å². The van der Waals surface area contributed by atoms with Gasteiger partial charge in [-0.1, -0.05) is 5.16 Å². The van der Waals surface area contributed by atoms with Crippen molar-refractivity contribution in [1.29, 1.82) is 0 Å². The Kier molecular flexibility index (Phi) is 4.64. The number of ether oxygens (including phenoxy) is 1. The molecule has 160 valence electrons. The highest BCUT2D eigenvalue weighted by molar-refractivity contribution is 5.91. The molecule has 31 heavy (non-hydrogen) atoms. The Morgan fingerprint density at radius 2 is 2.23 bits per heavy atom. The van der Waals surface area contributed by atoms with Gasteiger partial charge < -0.3 is 18.7 Å². The molecule has 1 saturated heterocycles. The zero-order valence-corrected chi connectivity index (χ0v) is 17.5. The first-order valence-corrected chi connectivity index (χ1v) is 10.1. The summed E-state index contributed by atoms with van der Waals surface area (Å²) in [7, 11) is 1.91. The van der Waals surface area contributed by atoms with E-state index in [9.17, 15) is 4.79 Å². The molecule has 5 heterocycles. The number of nitrogens with zero attached hydrogens (tertiary/aromatic N) is 8. The molecule has 0 N–H and O–H groups in total. The van der Waals surface area contributed by atoms with Crippen LogP contribution in [0.3, 0.4) is 0 Å². The number of fused-ring (bicyclic) bond motifs is 1. The molecule has 11 heteroatoms. The van der Waals surface area contributed by atoms with Crippen molar-refractivity contribution < 1.29 is 14.1 Å². The molecule has 1 atom stereocenters. The van der Waals surface area contributed by atoms with E-state index in [1.807, 2.05) is 36.3 Å². The number of aromatic nitrogens is 7. The number of likely N-dealkylation sites (tertiary alicyclic amines) is 1. The molecule has 4 aromatic rings. The summed E-state index contributed by atoms with van der Waals surface area (Å²) < 4.78 is 15.0. The summed E-state index contributed by atoms with van der Waals surface area (Å²) in [5.41, 5.74) is 3.24. The van der Waals surface area contributed by atoms with Gasteiger partial charge in [0.15, 0.2) is 11.2 Å². The Morgan fingerprint density at radius 1 is 1.35 bits per heavy atom. The molecular formula is C20H22N8O3. The lowest BCUT2D eigenvalue weighted by molar-refractivity contribution is 0.0730. The molecule has 1 amide bonds. The Morgan fingerprint density at radius 3 is 2.97 bits per heavy atom. The average Bonchev–Trinajstić information content (AvgIpc) is 3.56. The fourth-order valence-corrected chi connectivity index (χ4v) is 3.94. The maximum Gasteiger partial charge on any atom is 0.292 e. The molecule has 0 bridgehead atoms. The summed E-state index contributed by atoms with van der Waals surface area (Å²) in [4.78, 5) is 27.7. The molecule has 0 saturated carbocycles. The zero-order chi connectivity index (χ0) is 21.5. The summed E-state index contributed by atoms with van der Waals surface area (Å²) in [5.74, 6) is 1.19. The van der Waals surface area contributed by atoms with Crippen molar-refractivity contribution in [3.8, 4) is 17.3 Å². The van der Waals surface area contributed by atoms with Crippen LogP contribution in [0.5, 0.6) is 5.88 Å². The van der Waals surface area contributed by atoms with Gasteiger partial charge in [0.2, 0.25) is 11.6 Å². The number of carbonyl (C=O) groups excluding carboxylic acids is 1. The lowest BCUT2D eigenvalue weighted by Crippen LogP contribution is -2.30. The SMILES string of the molecule is CCn1ncc(-c2nc3c(OC4CCN(C(=O)c5ccno5)C4)ncnc3n2C)c1C. The van der Waals surface area contributed by atoms with Gasteiger partial charge in [-0.3, -0.25) is 9.48 Å². The standard InChI is InChI=1S/C20H22N8O3/c1-4-28-12(2)14(9-23-28)17-25-16-18(26(17)3)21-11-22-19(16)30-13-6-8-27(10-13)20(29)15-5-7-24-31-15/h5,7,9,11,13H,4,6,8,10H2,1-3H3. The maximum absolute atomic E-state index is 12.5. The lowest BCUT2D eigenvalue weighted by Gasteiger charge is -2.15. The molecular weight excluding hydrogens is 400 g/mol. The number of carbonyl (C=O) groups is 1. The van der Waals surface area contributed by atoms with E-state index < -0.39 is 0 Å². The van der Waals surface area contributed by atoms with Crippen LogP contribution in [0.2, 0.25) is 0 Å². The summed E-state index contributed by atoms with van der Waals surface area (Å²) in [6.45, 7) is 5.87. The Hall–Kier alpha value is -3.76. The quantitative estimate of drug-likeness (QED) is 0.478. The van der Waals surface area contributed by atoms with Crippen LogP contribution in [-0.2, 0) is 13.6 Å². The van der Waals surface area contributed by atoms with E-state index in [-0.39, 0.29) is 17.8 Å². The first-order valence-electron chi connectivity index (χ1n) is 10.1. The van der Waals surface area contributed by atoms with Crippen LogP contribution in [0.4, 0.5) is 0 Å². The molecule has 0 aliphatic carbocycles. The van der Waals surface area contributed by atoms with E-state index in [0.717, 1.165) is 23.6 Å². The average molecular weight is 422 g/mol. The van der Waals surface area contributed by atoms with Gasteiger partial charge in [0.25, 0.3) is 5.91 Å². The van der Waals surface area contributed by atoms with Crippen LogP contribution in [0.15, 0.2) is 29.3 Å². The fourth-order valence-electron chi connectivity index (χ4n) is 3.94. The zero-order valence-electron chi connectivity index (χ0n) is 17.5. The van der Waals surface area contributed by atoms with Crippen molar-refractivity contribution in [3.05, 3.63) is 36.2 Å². The van der Waals surface area contributed by atoms with Gasteiger partial charge in [0.05, 0.1) is 24.5 Å². The van der Waals surface area contributed by atoms with Gasteiger partial charge in [-0.05, 0) is 13.8 Å². The number of hydrogen-bond donors (Lipinski definition) is 0. The number of hydrogen-bond acceptors (Lipinski definition) is 8. The Balaban J connectivity index is 1.41. The van der Waals surface area contributed by atoms with Crippen molar-refractivity contribution in [3.63, 3.8) is 0 Å². The van der Waals surface area contributed by atoms with Crippen molar-refractivity contribution in [2.75, 3.05) is 13.1 Å². The highest BCUT2D eigenvalue weighted by atomic mass is 16.5. The monoisotopic (exact) mass is 422 g/mol. The minimum atomic E-state index is -0.194. The molecule has 5 rings (SSSR count). The van der Waals surface area contributed by atoms with Crippen molar-refractivity contribution in [2.45, 2.75) is 32.9 Å². The third-order valence-corrected chi connectivity index (χ3v) is 5.63. The molecule has 0 spiro atoms. The topological polar surface area (TPSA) is 117 Å². The highest BCUT2D eigenvalue weighted by Gasteiger charge is 2.31. The summed E-state index contributed by atoms with van der Waals surface area (Å²) >= 11 is 0. The van der Waals surface area contributed by atoms with Gasteiger partial charge >= 0.3 is 0 Å². The van der Waals surface area contributed by atoms with Crippen LogP contribution in [-0.4, -0.2) is 64.5 Å². The molecule has 1 aliphatic heterocycles. The molecule has 11 nitrogen and oxygen atoms in total. The van der Waals surface area contributed by atoms with E-state index in [2.05, 4.69) is 20.2 Å².